The van der Waals surface area contributed by atoms with E-state index >= 15 is 0 Å². The Bertz CT molecular complexity index is 353. The molecule has 1 saturated heterocycles. The summed E-state index contributed by atoms with van der Waals surface area (Å²) in [5.74, 6) is -0.913. The second-order valence-corrected chi connectivity index (χ2v) is 6.00. The van der Waals surface area contributed by atoms with Crippen molar-refractivity contribution in [2.45, 2.75) is 64.3 Å². The molecule has 0 aromatic rings. The van der Waals surface area contributed by atoms with E-state index in [0.717, 1.165) is 38.5 Å². The van der Waals surface area contributed by atoms with Crippen LogP contribution >= 0.6 is 0 Å². The van der Waals surface area contributed by atoms with E-state index in [0.29, 0.717) is 19.4 Å². The van der Waals surface area contributed by atoms with Gasteiger partial charge >= 0.3 is 5.97 Å². The summed E-state index contributed by atoms with van der Waals surface area (Å²) in [6.45, 7) is 2.69. The van der Waals surface area contributed by atoms with Gasteiger partial charge in [0.25, 0.3) is 0 Å². The van der Waals surface area contributed by atoms with Crippen LogP contribution in [0.5, 0.6) is 0 Å². The van der Waals surface area contributed by atoms with Crippen molar-refractivity contribution in [3.8, 4) is 0 Å². The molecule has 1 aliphatic heterocycles. The highest BCUT2D eigenvalue weighted by Crippen LogP contribution is 2.45. The maximum Gasteiger partial charge on any atom is 0.317 e. The zero-order valence-corrected chi connectivity index (χ0v) is 11.8. The molecule has 2 rings (SSSR count). The first kappa shape index (κ1) is 14.5. The molecular weight excluding hydrogens is 242 g/mol. The van der Waals surface area contributed by atoms with E-state index in [2.05, 4.69) is 5.32 Å². The van der Waals surface area contributed by atoms with Crippen molar-refractivity contribution in [2.75, 3.05) is 6.54 Å². The van der Waals surface area contributed by atoms with Crippen LogP contribution in [0.2, 0.25) is 0 Å². The molecule has 3 unspecified atom stereocenters. The van der Waals surface area contributed by atoms with Gasteiger partial charge in [0, 0.05) is 12.5 Å². The number of hydrogen-bond donors (Lipinski definition) is 2. The van der Waals surface area contributed by atoms with Crippen molar-refractivity contribution in [1.82, 2.24) is 5.32 Å². The summed E-state index contributed by atoms with van der Waals surface area (Å²) < 4.78 is 0. The maximum absolute atomic E-state index is 12.6. The van der Waals surface area contributed by atoms with Crippen LogP contribution in [0, 0.1) is 11.3 Å². The standard InChI is InChI=1S/C15H25NO3/c1-2-3-8-13(17)15(14(18)19)9-10-16-12-7-5-4-6-11(12)15/h11-12,16H,2-10H2,1H3,(H,18,19). The van der Waals surface area contributed by atoms with Crippen LogP contribution in [0.3, 0.4) is 0 Å². The van der Waals surface area contributed by atoms with Gasteiger partial charge < -0.3 is 10.4 Å². The number of ketones is 1. The third kappa shape index (κ3) is 2.55. The monoisotopic (exact) mass is 267 g/mol. The molecule has 1 saturated carbocycles. The lowest BCUT2D eigenvalue weighted by molar-refractivity contribution is -0.164. The van der Waals surface area contributed by atoms with Crippen LogP contribution in [0.15, 0.2) is 0 Å². The largest absolute Gasteiger partial charge is 0.480 e. The average molecular weight is 267 g/mol. The number of unbranched alkanes of at least 4 members (excludes halogenated alkanes) is 1. The Balaban J connectivity index is 2.25. The molecule has 1 heterocycles. The van der Waals surface area contributed by atoms with E-state index < -0.39 is 11.4 Å². The van der Waals surface area contributed by atoms with Crippen LogP contribution in [-0.4, -0.2) is 29.4 Å². The van der Waals surface area contributed by atoms with Crippen molar-refractivity contribution in [2.24, 2.45) is 11.3 Å². The summed E-state index contributed by atoms with van der Waals surface area (Å²) >= 11 is 0. The summed E-state index contributed by atoms with van der Waals surface area (Å²) in [5, 5.41) is 13.2. The molecule has 108 valence electrons. The molecule has 0 aromatic carbocycles. The molecule has 2 fully saturated rings. The van der Waals surface area contributed by atoms with Crippen LogP contribution in [0.25, 0.3) is 0 Å². The predicted molar refractivity (Wildman–Crippen MR) is 73.0 cm³/mol. The van der Waals surface area contributed by atoms with Crippen molar-refractivity contribution < 1.29 is 14.7 Å². The van der Waals surface area contributed by atoms with Crippen molar-refractivity contribution in [3.05, 3.63) is 0 Å². The number of hydrogen-bond acceptors (Lipinski definition) is 3. The number of Topliss-reactive ketones (excluding diaryl/α,β-unsaturated/α-hetero) is 1. The van der Waals surface area contributed by atoms with Gasteiger partial charge in [-0.15, -0.1) is 0 Å². The molecule has 2 N–H and O–H groups in total. The molecule has 0 bridgehead atoms. The van der Waals surface area contributed by atoms with E-state index in [-0.39, 0.29) is 17.7 Å². The highest BCUT2D eigenvalue weighted by atomic mass is 16.4. The molecule has 19 heavy (non-hydrogen) atoms. The fourth-order valence-electron chi connectivity index (χ4n) is 3.90. The number of fused-ring (bicyclic) bond motifs is 1. The third-order valence-electron chi connectivity index (χ3n) is 4.96. The normalized spacial score (nSPS) is 34.6. The van der Waals surface area contributed by atoms with Crippen LogP contribution in [-0.2, 0) is 9.59 Å². The summed E-state index contributed by atoms with van der Waals surface area (Å²) in [6, 6.07) is 0.226. The quantitative estimate of drug-likeness (QED) is 0.750. The van der Waals surface area contributed by atoms with Gasteiger partial charge in [0.15, 0.2) is 5.78 Å². The number of aliphatic carboxylic acids is 1. The Kier molecular flexibility index (Phi) is 4.61. The molecule has 0 amide bonds. The minimum atomic E-state index is -1.11. The van der Waals surface area contributed by atoms with Crippen molar-refractivity contribution in [3.63, 3.8) is 0 Å². The van der Waals surface area contributed by atoms with Gasteiger partial charge in [-0.25, -0.2) is 0 Å². The first-order valence-corrected chi connectivity index (χ1v) is 7.63. The van der Waals surface area contributed by atoms with Crippen molar-refractivity contribution >= 4 is 11.8 Å². The fourth-order valence-corrected chi connectivity index (χ4v) is 3.90. The predicted octanol–water partition coefficient (Wildman–Crippen LogP) is 2.37. The minimum absolute atomic E-state index is 0.00291. The molecular formula is C15H25NO3. The van der Waals surface area contributed by atoms with E-state index in [1.807, 2.05) is 6.92 Å². The summed E-state index contributed by atoms with van der Waals surface area (Å²) in [4.78, 5) is 24.5. The Morgan fingerprint density at radius 2 is 2.05 bits per heavy atom. The Morgan fingerprint density at radius 1 is 1.32 bits per heavy atom. The molecule has 1 aliphatic carbocycles. The second kappa shape index (κ2) is 6.04. The number of piperidine rings is 1. The Labute approximate surface area is 115 Å². The average Bonchev–Trinajstić information content (AvgIpc) is 2.43. The molecule has 0 aromatic heterocycles. The number of carbonyl (C=O) groups is 2. The highest BCUT2D eigenvalue weighted by Gasteiger charge is 2.55. The number of carbonyl (C=O) groups excluding carboxylic acids is 1. The lowest BCUT2D eigenvalue weighted by Crippen LogP contribution is -2.59. The van der Waals surface area contributed by atoms with Crippen LogP contribution in [0.4, 0.5) is 0 Å². The number of rotatable bonds is 5. The summed E-state index contributed by atoms with van der Waals surface area (Å²) in [5.41, 5.74) is -1.11. The van der Waals surface area contributed by atoms with Gasteiger partial charge in [0.1, 0.15) is 5.41 Å². The van der Waals surface area contributed by atoms with Gasteiger partial charge in [0.2, 0.25) is 0 Å². The minimum Gasteiger partial charge on any atom is -0.480 e. The van der Waals surface area contributed by atoms with E-state index in [4.69, 9.17) is 0 Å². The molecule has 4 heteroatoms. The van der Waals surface area contributed by atoms with Gasteiger partial charge in [0.05, 0.1) is 0 Å². The van der Waals surface area contributed by atoms with Crippen molar-refractivity contribution in [1.29, 1.82) is 0 Å². The molecule has 3 atom stereocenters. The van der Waals surface area contributed by atoms with Crippen LogP contribution in [0.1, 0.15) is 58.3 Å². The number of carboxylic acid groups (broad SMARTS) is 1. The smallest absolute Gasteiger partial charge is 0.317 e. The molecule has 0 spiro atoms. The van der Waals surface area contributed by atoms with Gasteiger partial charge in [-0.3, -0.25) is 9.59 Å². The van der Waals surface area contributed by atoms with Gasteiger partial charge in [-0.2, -0.15) is 0 Å². The lowest BCUT2D eigenvalue weighted by atomic mass is 9.60. The highest BCUT2D eigenvalue weighted by molar-refractivity contribution is 6.03. The maximum atomic E-state index is 12.6. The van der Waals surface area contributed by atoms with Crippen LogP contribution < -0.4 is 5.32 Å². The Hall–Kier alpha value is -0.900. The second-order valence-electron chi connectivity index (χ2n) is 6.00. The molecule has 2 aliphatic rings. The van der Waals surface area contributed by atoms with E-state index in [1.165, 1.54) is 0 Å². The number of carboxylic acids is 1. The van der Waals surface area contributed by atoms with Gasteiger partial charge in [-0.05, 0) is 38.1 Å². The van der Waals surface area contributed by atoms with E-state index in [1.54, 1.807) is 0 Å². The summed E-state index contributed by atoms with van der Waals surface area (Å²) in [7, 11) is 0. The third-order valence-corrected chi connectivity index (χ3v) is 4.96. The topological polar surface area (TPSA) is 66.4 Å². The summed E-state index contributed by atoms with van der Waals surface area (Å²) in [6.07, 6.45) is 6.72. The SMILES string of the molecule is CCCCC(=O)C1(C(=O)O)CCNC2CCCCC21. The fraction of sp³-hybridized carbons (Fsp3) is 0.867. The first-order valence-electron chi connectivity index (χ1n) is 7.63. The number of nitrogens with one attached hydrogen (secondary N) is 1. The van der Waals surface area contributed by atoms with E-state index in [9.17, 15) is 14.7 Å². The van der Waals surface area contributed by atoms with Gasteiger partial charge in [-0.1, -0.05) is 26.2 Å². The lowest BCUT2D eigenvalue weighted by Gasteiger charge is -2.47. The Morgan fingerprint density at radius 3 is 2.74 bits per heavy atom. The molecule has 4 nitrogen and oxygen atoms in total. The molecule has 0 radical (unpaired) electrons. The zero-order chi connectivity index (χ0) is 13.9. The zero-order valence-electron chi connectivity index (χ0n) is 11.8. The first-order chi connectivity index (χ1) is 9.13.